The second-order valence-corrected chi connectivity index (χ2v) is 4.74. The van der Waals surface area contributed by atoms with Gasteiger partial charge in [0.15, 0.2) is 11.5 Å². The fourth-order valence-corrected chi connectivity index (χ4v) is 2.43. The van der Waals surface area contributed by atoms with Gasteiger partial charge in [0.1, 0.15) is 0 Å². The summed E-state index contributed by atoms with van der Waals surface area (Å²) in [5, 5.41) is 13.1. The number of hydrogen-bond donors (Lipinski definition) is 2. The lowest BCUT2D eigenvalue weighted by Crippen LogP contribution is -2.27. The number of phenolic OH excluding ortho intramolecular Hbond substituents is 1. The third-order valence-electron chi connectivity index (χ3n) is 3.54. The van der Waals surface area contributed by atoms with E-state index in [2.05, 4.69) is 5.32 Å². The normalized spacial score (nSPS) is 17.0. The van der Waals surface area contributed by atoms with Crippen LogP contribution >= 0.6 is 0 Å². The average molecular weight is 235 g/mol. The first-order valence-corrected chi connectivity index (χ1v) is 6.36. The molecule has 94 valence electrons. The molecule has 2 rings (SSSR count). The Balaban J connectivity index is 1.87. The molecule has 0 amide bonds. The molecule has 0 spiro atoms. The number of rotatable bonds is 4. The third-order valence-corrected chi connectivity index (χ3v) is 3.54. The maximum Gasteiger partial charge on any atom is 0.160 e. The molecule has 2 N–H and O–H groups in total. The third kappa shape index (κ3) is 3.37. The van der Waals surface area contributed by atoms with Crippen LogP contribution < -0.4 is 10.1 Å². The number of aromatic hydroxyl groups is 1. The van der Waals surface area contributed by atoms with Crippen molar-refractivity contribution in [2.75, 3.05) is 20.2 Å². The van der Waals surface area contributed by atoms with Gasteiger partial charge in [-0.05, 0) is 62.4 Å². The number of methoxy groups -OCH3 is 1. The van der Waals surface area contributed by atoms with E-state index in [-0.39, 0.29) is 5.75 Å². The van der Waals surface area contributed by atoms with Crippen LogP contribution in [0.2, 0.25) is 0 Å². The molecule has 1 aromatic carbocycles. The predicted octanol–water partition coefficient (Wildman–Crippen LogP) is 2.33. The smallest absolute Gasteiger partial charge is 0.160 e. The van der Waals surface area contributed by atoms with E-state index in [1.807, 2.05) is 18.2 Å². The van der Waals surface area contributed by atoms with Crippen LogP contribution in [0.25, 0.3) is 0 Å². The summed E-state index contributed by atoms with van der Waals surface area (Å²) < 4.78 is 5.04. The molecule has 1 fully saturated rings. The van der Waals surface area contributed by atoms with Crippen LogP contribution in [0.4, 0.5) is 0 Å². The molecule has 3 nitrogen and oxygen atoms in total. The SMILES string of the molecule is COc1ccc(CCC2CCNCC2)cc1O. The lowest BCUT2D eigenvalue weighted by Gasteiger charge is -2.22. The van der Waals surface area contributed by atoms with E-state index in [0.717, 1.165) is 25.4 Å². The fourth-order valence-electron chi connectivity index (χ4n) is 2.43. The highest BCUT2D eigenvalue weighted by atomic mass is 16.5. The molecular weight excluding hydrogens is 214 g/mol. The average Bonchev–Trinajstić information content (AvgIpc) is 2.38. The molecule has 1 aliphatic rings. The van der Waals surface area contributed by atoms with Gasteiger partial charge >= 0.3 is 0 Å². The van der Waals surface area contributed by atoms with Gasteiger partial charge in [-0.3, -0.25) is 0 Å². The highest BCUT2D eigenvalue weighted by molar-refractivity contribution is 5.41. The molecule has 1 aliphatic heterocycles. The van der Waals surface area contributed by atoms with E-state index in [1.165, 1.54) is 24.8 Å². The van der Waals surface area contributed by atoms with Gasteiger partial charge in [-0.25, -0.2) is 0 Å². The first kappa shape index (κ1) is 12.2. The van der Waals surface area contributed by atoms with Gasteiger partial charge < -0.3 is 15.2 Å². The summed E-state index contributed by atoms with van der Waals surface area (Å²) in [4.78, 5) is 0. The van der Waals surface area contributed by atoms with Gasteiger partial charge in [0.05, 0.1) is 7.11 Å². The molecule has 0 unspecified atom stereocenters. The van der Waals surface area contributed by atoms with E-state index < -0.39 is 0 Å². The van der Waals surface area contributed by atoms with Crippen LogP contribution in [0, 0.1) is 5.92 Å². The zero-order chi connectivity index (χ0) is 12.1. The van der Waals surface area contributed by atoms with Gasteiger partial charge in [-0.1, -0.05) is 6.07 Å². The molecule has 0 saturated carbocycles. The molecule has 0 radical (unpaired) electrons. The highest BCUT2D eigenvalue weighted by Crippen LogP contribution is 2.27. The highest BCUT2D eigenvalue weighted by Gasteiger charge is 2.13. The van der Waals surface area contributed by atoms with E-state index in [9.17, 15) is 5.11 Å². The summed E-state index contributed by atoms with van der Waals surface area (Å²) in [5.74, 6) is 1.63. The van der Waals surface area contributed by atoms with E-state index in [0.29, 0.717) is 5.75 Å². The Kier molecular flexibility index (Phi) is 4.26. The van der Waals surface area contributed by atoms with Crippen molar-refractivity contribution in [1.82, 2.24) is 5.32 Å². The van der Waals surface area contributed by atoms with Crippen molar-refractivity contribution in [3.63, 3.8) is 0 Å². The minimum atomic E-state index is 0.246. The predicted molar refractivity (Wildman–Crippen MR) is 68.6 cm³/mol. The number of aryl methyl sites for hydroxylation is 1. The Bertz CT molecular complexity index is 359. The standard InChI is InChI=1S/C14H21NO2/c1-17-14-5-4-12(10-13(14)16)3-2-11-6-8-15-9-7-11/h4-5,10-11,15-16H,2-3,6-9H2,1H3. The van der Waals surface area contributed by atoms with E-state index >= 15 is 0 Å². The number of benzene rings is 1. The molecule has 3 heteroatoms. The Morgan fingerprint density at radius 1 is 1.35 bits per heavy atom. The molecule has 0 aromatic heterocycles. The molecule has 17 heavy (non-hydrogen) atoms. The summed E-state index contributed by atoms with van der Waals surface area (Å²) in [5.41, 5.74) is 1.20. The summed E-state index contributed by atoms with van der Waals surface area (Å²) in [6.07, 6.45) is 4.82. The van der Waals surface area contributed by atoms with Gasteiger partial charge in [0, 0.05) is 0 Å². The van der Waals surface area contributed by atoms with Crippen LogP contribution in [0.3, 0.4) is 0 Å². The van der Waals surface area contributed by atoms with Crippen molar-refractivity contribution >= 4 is 0 Å². The van der Waals surface area contributed by atoms with Crippen LogP contribution in [0.15, 0.2) is 18.2 Å². The molecule has 0 bridgehead atoms. The molecule has 1 saturated heterocycles. The van der Waals surface area contributed by atoms with Crippen molar-refractivity contribution in [2.24, 2.45) is 5.92 Å². The minimum absolute atomic E-state index is 0.246. The Hall–Kier alpha value is -1.22. The Morgan fingerprint density at radius 2 is 2.12 bits per heavy atom. The van der Waals surface area contributed by atoms with Crippen molar-refractivity contribution in [3.05, 3.63) is 23.8 Å². The summed E-state index contributed by atoms with van der Waals surface area (Å²) in [7, 11) is 1.57. The number of ether oxygens (including phenoxy) is 1. The lowest BCUT2D eigenvalue weighted by molar-refractivity contribution is 0.353. The largest absolute Gasteiger partial charge is 0.504 e. The minimum Gasteiger partial charge on any atom is -0.504 e. The molecular formula is C14H21NO2. The van der Waals surface area contributed by atoms with Gasteiger partial charge in [0.25, 0.3) is 0 Å². The van der Waals surface area contributed by atoms with Crippen LogP contribution in [0.5, 0.6) is 11.5 Å². The lowest BCUT2D eigenvalue weighted by atomic mass is 9.91. The second-order valence-electron chi connectivity index (χ2n) is 4.74. The number of phenols is 1. The van der Waals surface area contributed by atoms with Crippen molar-refractivity contribution in [2.45, 2.75) is 25.7 Å². The van der Waals surface area contributed by atoms with Crippen LogP contribution in [-0.4, -0.2) is 25.3 Å². The van der Waals surface area contributed by atoms with Gasteiger partial charge in [-0.15, -0.1) is 0 Å². The molecule has 1 heterocycles. The molecule has 0 aliphatic carbocycles. The fraction of sp³-hybridized carbons (Fsp3) is 0.571. The number of piperidine rings is 1. The number of hydrogen-bond acceptors (Lipinski definition) is 3. The first-order chi connectivity index (χ1) is 8.29. The summed E-state index contributed by atoms with van der Waals surface area (Å²) >= 11 is 0. The summed E-state index contributed by atoms with van der Waals surface area (Å²) in [6.45, 7) is 2.30. The van der Waals surface area contributed by atoms with E-state index in [4.69, 9.17) is 4.74 Å². The van der Waals surface area contributed by atoms with Crippen molar-refractivity contribution in [3.8, 4) is 11.5 Å². The maximum atomic E-state index is 9.69. The number of nitrogens with one attached hydrogen (secondary N) is 1. The molecule has 1 aromatic rings. The van der Waals surface area contributed by atoms with E-state index in [1.54, 1.807) is 7.11 Å². The van der Waals surface area contributed by atoms with Crippen molar-refractivity contribution < 1.29 is 9.84 Å². The Labute approximate surface area is 103 Å². The second kappa shape index (κ2) is 5.92. The maximum absolute atomic E-state index is 9.69. The van der Waals surface area contributed by atoms with Gasteiger partial charge in [-0.2, -0.15) is 0 Å². The summed E-state index contributed by atoms with van der Waals surface area (Å²) in [6, 6.07) is 5.70. The zero-order valence-corrected chi connectivity index (χ0v) is 10.4. The zero-order valence-electron chi connectivity index (χ0n) is 10.4. The molecule has 0 atom stereocenters. The topological polar surface area (TPSA) is 41.5 Å². The van der Waals surface area contributed by atoms with Crippen LogP contribution in [0.1, 0.15) is 24.8 Å². The van der Waals surface area contributed by atoms with Crippen LogP contribution in [-0.2, 0) is 6.42 Å². The van der Waals surface area contributed by atoms with Crippen molar-refractivity contribution in [1.29, 1.82) is 0 Å². The monoisotopic (exact) mass is 235 g/mol. The first-order valence-electron chi connectivity index (χ1n) is 6.36. The quantitative estimate of drug-likeness (QED) is 0.841. The van der Waals surface area contributed by atoms with Gasteiger partial charge in [0.2, 0.25) is 0 Å². The Morgan fingerprint density at radius 3 is 2.76 bits per heavy atom.